The van der Waals surface area contributed by atoms with Crippen LogP contribution in [0.15, 0.2) is 28.0 Å². The number of carbonyl (C=O) groups is 1. The first-order valence-electron chi connectivity index (χ1n) is 6.99. The van der Waals surface area contributed by atoms with Gasteiger partial charge in [0.15, 0.2) is 0 Å². The van der Waals surface area contributed by atoms with Crippen LogP contribution in [-0.2, 0) is 24.2 Å². The number of amides is 1. The molecule has 112 valence electrons. The quantitative estimate of drug-likeness (QED) is 0.796. The van der Waals surface area contributed by atoms with Gasteiger partial charge in [0.25, 0.3) is 0 Å². The molecule has 0 atom stereocenters. The number of thioether (sulfide) groups is 1. The van der Waals surface area contributed by atoms with E-state index in [1.54, 1.807) is 23.1 Å². The molecule has 2 rings (SSSR count). The highest BCUT2D eigenvalue weighted by atomic mass is 32.2. The topological polar surface area (TPSA) is 54.9 Å². The maximum Gasteiger partial charge on any atom is 0.226 e. The number of nitrogens with zero attached hydrogens (tertiary/aromatic N) is 2. The third-order valence-electron chi connectivity index (χ3n) is 2.90. The van der Waals surface area contributed by atoms with Gasteiger partial charge in [-0.15, -0.1) is 11.3 Å². The van der Waals surface area contributed by atoms with E-state index >= 15 is 0 Å². The second kappa shape index (κ2) is 8.14. The highest BCUT2D eigenvalue weighted by molar-refractivity contribution is 8.00. The van der Waals surface area contributed by atoms with Crippen molar-refractivity contribution < 1.29 is 4.79 Å². The summed E-state index contributed by atoms with van der Waals surface area (Å²) in [4.78, 5) is 20.6. The molecule has 0 saturated carbocycles. The minimum Gasteiger partial charge on any atom is -0.350 e. The number of hydrogen-bond donors (Lipinski definition) is 1. The maximum atomic E-state index is 11.9. The summed E-state index contributed by atoms with van der Waals surface area (Å²) < 4.78 is 1.03. The molecule has 2 aromatic heterocycles. The van der Waals surface area contributed by atoms with Crippen molar-refractivity contribution in [2.24, 2.45) is 0 Å². The standard InChI is InChI=1S/C15H19N3OS2/c1-3-11-5-6-12(16-8-11)9-17-14(19)7-13-10-21-15(18-13)20-4-2/h5-6,8,10H,3-4,7,9H2,1-2H3,(H,17,19). The van der Waals surface area contributed by atoms with E-state index in [1.165, 1.54) is 5.56 Å². The van der Waals surface area contributed by atoms with Crippen LogP contribution in [0.4, 0.5) is 0 Å². The Kier molecular flexibility index (Phi) is 6.20. The smallest absolute Gasteiger partial charge is 0.226 e. The van der Waals surface area contributed by atoms with Crippen molar-refractivity contribution in [1.29, 1.82) is 0 Å². The van der Waals surface area contributed by atoms with Crippen molar-refractivity contribution in [3.63, 3.8) is 0 Å². The Hall–Kier alpha value is -1.40. The van der Waals surface area contributed by atoms with E-state index in [-0.39, 0.29) is 5.91 Å². The number of carbonyl (C=O) groups excluding carboxylic acids is 1. The van der Waals surface area contributed by atoms with E-state index in [0.29, 0.717) is 13.0 Å². The molecule has 0 radical (unpaired) electrons. The Labute approximate surface area is 133 Å². The zero-order chi connectivity index (χ0) is 15.1. The zero-order valence-corrected chi connectivity index (χ0v) is 13.9. The van der Waals surface area contributed by atoms with Gasteiger partial charge in [0.2, 0.25) is 5.91 Å². The van der Waals surface area contributed by atoms with Gasteiger partial charge in [-0.2, -0.15) is 0 Å². The van der Waals surface area contributed by atoms with Gasteiger partial charge in [-0.3, -0.25) is 9.78 Å². The van der Waals surface area contributed by atoms with Crippen molar-refractivity contribution in [3.05, 3.63) is 40.7 Å². The maximum absolute atomic E-state index is 11.9. The highest BCUT2D eigenvalue weighted by Crippen LogP contribution is 2.22. The summed E-state index contributed by atoms with van der Waals surface area (Å²) in [7, 11) is 0. The van der Waals surface area contributed by atoms with Crippen molar-refractivity contribution in [2.75, 3.05) is 5.75 Å². The molecule has 0 bridgehead atoms. The number of aromatic nitrogens is 2. The summed E-state index contributed by atoms with van der Waals surface area (Å²) in [6.07, 6.45) is 3.16. The first kappa shape index (κ1) is 16.0. The molecule has 0 spiro atoms. The van der Waals surface area contributed by atoms with E-state index < -0.39 is 0 Å². The Morgan fingerprint density at radius 3 is 2.86 bits per heavy atom. The Bertz CT molecular complexity index is 581. The van der Waals surface area contributed by atoms with Gasteiger partial charge >= 0.3 is 0 Å². The predicted molar refractivity (Wildman–Crippen MR) is 87.7 cm³/mol. The molecule has 0 fully saturated rings. The van der Waals surface area contributed by atoms with Crippen molar-refractivity contribution in [2.45, 2.75) is 37.6 Å². The zero-order valence-electron chi connectivity index (χ0n) is 12.3. The second-order valence-corrected chi connectivity index (χ2v) is 6.87. The highest BCUT2D eigenvalue weighted by Gasteiger charge is 2.08. The summed E-state index contributed by atoms with van der Waals surface area (Å²) in [5.41, 5.74) is 2.91. The lowest BCUT2D eigenvalue weighted by molar-refractivity contribution is -0.120. The van der Waals surface area contributed by atoms with E-state index in [9.17, 15) is 4.79 Å². The third kappa shape index (κ3) is 5.13. The largest absolute Gasteiger partial charge is 0.350 e. The molecular weight excluding hydrogens is 302 g/mol. The first-order valence-corrected chi connectivity index (χ1v) is 8.85. The van der Waals surface area contributed by atoms with Crippen LogP contribution in [-0.4, -0.2) is 21.6 Å². The molecule has 4 nitrogen and oxygen atoms in total. The SMILES string of the molecule is CCSc1nc(CC(=O)NCc2ccc(CC)cn2)cs1. The fraction of sp³-hybridized carbons (Fsp3) is 0.400. The molecule has 2 heterocycles. The van der Waals surface area contributed by atoms with E-state index in [1.807, 2.05) is 23.7 Å². The number of hydrogen-bond acceptors (Lipinski definition) is 5. The fourth-order valence-corrected chi connectivity index (χ4v) is 3.49. The molecular formula is C15H19N3OS2. The van der Waals surface area contributed by atoms with E-state index in [0.717, 1.165) is 27.9 Å². The van der Waals surface area contributed by atoms with Gasteiger partial charge < -0.3 is 5.32 Å². The normalized spacial score (nSPS) is 10.6. The van der Waals surface area contributed by atoms with Crippen LogP contribution in [0, 0.1) is 0 Å². The Morgan fingerprint density at radius 2 is 2.19 bits per heavy atom. The summed E-state index contributed by atoms with van der Waals surface area (Å²) in [6.45, 7) is 4.65. The van der Waals surface area contributed by atoms with Crippen LogP contribution in [0.25, 0.3) is 0 Å². The van der Waals surface area contributed by atoms with Crippen LogP contribution in [0.2, 0.25) is 0 Å². The van der Waals surface area contributed by atoms with Gasteiger partial charge in [-0.05, 0) is 23.8 Å². The molecule has 21 heavy (non-hydrogen) atoms. The first-order chi connectivity index (χ1) is 10.2. The summed E-state index contributed by atoms with van der Waals surface area (Å²) in [5.74, 6) is 0.980. The predicted octanol–water partition coefficient (Wildman–Crippen LogP) is 3.07. The molecule has 1 N–H and O–H groups in total. The van der Waals surface area contributed by atoms with Gasteiger partial charge in [-0.25, -0.2) is 4.98 Å². The fourth-order valence-electron chi connectivity index (χ4n) is 1.74. The molecule has 0 unspecified atom stereocenters. The number of thiazole rings is 1. The molecule has 0 aromatic carbocycles. The summed E-state index contributed by atoms with van der Waals surface area (Å²) >= 11 is 3.30. The van der Waals surface area contributed by atoms with Crippen molar-refractivity contribution in [1.82, 2.24) is 15.3 Å². The lowest BCUT2D eigenvalue weighted by atomic mass is 10.2. The number of rotatable bonds is 7. The lowest BCUT2D eigenvalue weighted by Gasteiger charge is -2.04. The van der Waals surface area contributed by atoms with Gasteiger partial charge in [0.1, 0.15) is 4.34 Å². The van der Waals surface area contributed by atoms with E-state index in [4.69, 9.17) is 0 Å². The minimum absolute atomic E-state index is 0.0188. The van der Waals surface area contributed by atoms with Crippen LogP contribution in [0.1, 0.15) is 30.8 Å². The molecule has 0 aliphatic rings. The van der Waals surface area contributed by atoms with Gasteiger partial charge in [-0.1, -0.05) is 31.7 Å². The number of aryl methyl sites for hydroxylation is 1. The third-order valence-corrected chi connectivity index (χ3v) is 4.85. The van der Waals surface area contributed by atoms with Crippen LogP contribution >= 0.6 is 23.1 Å². The molecule has 2 aromatic rings. The van der Waals surface area contributed by atoms with Gasteiger partial charge in [0, 0.05) is 11.6 Å². The minimum atomic E-state index is -0.0188. The van der Waals surface area contributed by atoms with Gasteiger partial charge in [0.05, 0.1) is 24.4 Å². The molecule has 1 amide bonds. The van der Waals surface area contributed by atoms with Crippen LogP contribution < -0.4 is 5.32 Å². The Morgan fingerprint density at radius 1 is 1.33 bits per heavy atom. The molecule has 6 heteroatoms. The average molecular weight is 321 g/mol. The molecule has 0 aliphatic carbocycles. The lowest BCUT2D eigenvalue weighted by Crippen LogP contribution is -2.25. The van der Waals surface area contributed by atoms with E-state index in [2.05, 4.69) is 29.1 Å². The summed E-state index contributed by atoms with van der Waals surface area (Å²) in [6, 6.07) is 4.00. The van der Waals surface area contributed by atoms with Crippen LogP contribution in [0.5, 0.6) is 0 Å². The number of pyridine rings is 1. The monoisotopic (exact) mass is 321 g/mol. The summed E-state index contributed by atoms with van der Waals surface area (Å²) in [5, 5.41) is 4.83. The van der Waals surface area contributed by atoms with Crippen molar-refractivity contribution >= 4 is 29.0 Å². The average Bonchev–Trinajstić information content (AvgIpc) is 2.93. The Balaban J connectivity index is 1.80. The molecule has 0 aliphatic heterocycles. The molecule has 0 saturated heterocycles. The second-order valence-electron chi connectivity index (χ2n) is 4.50. The van der Waals surface area contributed by atoms with Crippen molar-refractivity contribution in [3.8, 4) is 0 Å². The van der Waals surface area contributed by atoms with Crippen LogP contribution in [0.3, 0.4) is 0 Å². The number of nitrogens with one attached hydrogen (secondary N) is 1.